The second-order valence-corrected chi connectivity index (χ2v) is 2.95. The van der Waals surface area contributed by atoms with Gasteiger partial charge >= 0.3 is 5.97 Å². The average Bonchev–Trinajstić information content (AvgIpc) is 2.24. The summed E-state index contributed by atoms with van der Waals surface area (Å²) in [5, 5.41) is 9.29. The number of pyridine rings is 1. The SMILES string of the molecule is COC(=O)Cc1[nH]cc(C(F)F)c(=O)c1O. The Kier molecular flexibility index (Phi) is 3.60. The zero-order valence-corrected chi connectivity index (χ0v) is 8.29. The first-order valence-electron chi connectivity index (χ1n) is 4.25. The number of alkyl halides is 2. The fraction of sp³-hybridized carbons (Fsp3) is 0.333. The molecule has 1 heterocycles. The van der Waals surface area contributed by atoms with Crippen LogP contribution in [-0.4, -0.2) is 23.2 Å². The fourth-order valence-electron chi connectivity index (χ4n) is 1.09. The number of nitrogens with one attached hydrogen (secondary N) is 1. The van der Waals surface area contributed by atoms with Gasteiger partial charge in [-0.15, -0.1) is 0 Å². The monoisotopic (exact) mass is 233 g/mol. The summed E-state index contributed by atoms with van der Waals surface area (Å²) >= 11 is 0. The molecule has 0 bridgehead atoms. The molecule has 0 atom stereocenters. The van der Waals surface area contributed by atoms with Crippen molar-refractivity contribution < 1.29 is 23.4 Å². The van der Waals surface area contributed by atoms with E-state index in [0.717, 1.165) is 13.3 Å². The highest BCUT2D eigenvalue weighted by Gasteiger charge is 2.18. The molecule has 0 saturated carbocycles. The van der Waals surface area contributed by atoms with Crippen LogP contribution < -0.4 is 5.43 Å². The largest absolute Gasteiger partial charge is 0.503 e. The number of esters is 1. The average molecular weight is 233 g/mol. The zero-order chi connectivity index (χ0) is 12.3. The second-order valence-electron chi connectivity index (χ2n) is 2.95. The summed E-state index contributed by atoms with van der Waals surface area (Å²) in [4.78, 5) is 24.3. The number of aromatic hydroxyl groups is 1. The molecule has 0 unspecified atom stereocenters. The molecular weight excluding hydrogens is 224 g/mol. The minimum Gasteiger partial charge on any atom is -0.503 e. The Labute approximate surface area is 88.7 Å². The third kappa shape index (κ3) is 2.36. The summed E-state index contributed by atoms with van der Waals surface area (Å²) in [7, 11) is 1.13. The number of hydrogen-bond donors (Lipinski definition) is 2. The van der Waals surface area contributed by atoms with E-state index < -0.39 is 29.1 Å². The van der Waals surface area contributed by atoms with E-state index >= 15 is 0 Å². The molecule has 0 saturated heterocycles. The first kappa shape index (κ1) is 12.2. The molecule has 0 radical (unpaired) electrons. The van der Waals surface area contributed by atoms with E-state index in [1.165, 1.54) is 0 Å². The third-order valence-corrected chi connectivity index (χ3v) is 1.95. The van der Waals surface area contributed by atoms with Crippen LogP contribution in [0.1, 0.15) is 17.7 Å². The number of hydrogen-bond acceptors (Lipinski definition) is 4. The summed E-state index contributed by atoms with van der Waals surface area (Å²) in [5.41, 5.74) is -2.18. The Balaban J connectivity index is 3.12. The Morgan fingerprint density at radius 2 is 2.25 bits per heavy atom. The number of aromatic nitrogens is 1. The number of ether oxygens (including phenoxy) is 1. The molecule has 0 aromatic carbocycles. The quantitative estimate of drug-likeness (QED) is 0.754. The Morgan fingerprint density at radius 1 is 1.62 bits per heavy atom. The van der Waals surface area contributed by atoms with Gasteiger partial charge in [0.05, 0.1) is 24.8 Å². The van der Waals surface area contributed by atoms with Crippen LogP contribution in [0.4, 0.5) is 8.78 Å². The van der Waals surface area contributed by atoms with Gasteiger partial charge in [0.1, 0.15) is 0 Å². The summed E-state index contributed by atoms with van der Waals surface area (Å²) in [6.45, 7) is 0. The van der Waals surface area contributed by atoms with Crippen LogP contribution >= 0.6 is 0 Å². The topological polar surface area (TPSA) is 79.4 Å². The van der Waals surface area contributed by atoms with Crippen molar-refractivity contribution in [1.29, 1.82) is 0 Å². The maximum absolute atomic E-state index is 12.2. The number of carbonyl (C=O) groups is 1. The normalized spacial score (nSPS) is 10.5. The molecular formula is C9H9F2NO4. The Hall–Kier alpha value is -1.92. The van der Waals surface area contributed by atoms with Crippen molar-refractivity contribution in [3.05, 3.63) is 27.7 Å². The van der Waals surface area contributed by atoms with E-state index in [9.17, 15) is 23.5 Å². The Bertz CT molecular complexity index is 455. The summed E-state index contributed by atoms with van der Waals surface area (Å²) in [6, 6.07) is 0. The summed E-state index contributed by atoms with van der Waals surface area (Å²) < 4.78 is 28.8. The van der Waals surface area contributed by atoms with Crippen LogP contribution in [0.5, 0.6) is 5.75 Å². The predicted molar refractivity (Wildman–Crippen MR) is 49.4 cm³/mol. The lowest BCUT2D eigenvalue weighted by atomic mass is 10.2. The van der Waals surface area contributed by atoms with E-state index in [2.05, 4.69) is 9.72 Å². The van der Waals surface area contributed by atoms with Crippen molar-refractivity contribution in [2.24, 2.45) is 0 Å². The fourth-order valence-corrected chi connectivity index (χ4v) is 1.09. The van der Waals surface area contributed by atoms with Crippen molar-refractivity contribution in [3.8, 4) is 5.75 Å². The van der Waals surface area contributed by atoms with E-state index in [1.807, 2.05) is 0 Å². The predicted octanol–water partition coefficient (Wildman–Crippen LogP) is 0.734. The zero-order valence-electron chi connectivity index (χ0n) is 8.29. The van der Waals surface area contributed by atoms with Gasteiger partial charge < -0.3 is 14.8 Å². The van der Waals surface area contributed by atoms with Gasteiger partial charge in [-0.2, -0.15) is 0 Å². The van der Waals surface area contributed by atoms with Crippen molar-refractivity contribution in [1.82, 2.24) is 4.98 Å². The van der Waals surface area contributed by atoms with Crippen LogP contribution in [0.15, 0.2) is 11.0 Å². The van der Waals surface area contributed by atoms with Gasteiger partial charge in [-0.05, 0) is 0 Å². The number of H-pyrrole nitrogens is 1. The molecule has 0 aliphatic rings. The van der Waals surface area contributed by atoms with E-state index in [4.69, 9.17) is 0 Å². The molecule has 1 aromatic rings. The Morgan fingerprint density at radius 3 is 2.75 bits per heavy atom. The van der Waals surface area contributed by atoms with Crippen molar-refractivity contribution in [2.75, 3.05) is 7.11 Å². The molecule has 0 amide bonds. The highest BCUT2D eigenvalue weighted by Crippen LogP contribution is 2.18. The first-order valence-corrected chi connectivity index (χ1v) is 4.25. The highest BCUT2D eigenvalue weighted by molar-refractivity contribution is 5.72. The number of methoxy groups -OCH3 is 1. The van der Waals surface area contributed by atoms with Crippen LogP contribution in [0, 0.1) is 0 Å². The van der Waals surface area contributed by atoms with Gasteiger partial charge in [0.15, 0.2) is 5.75 Å². The second kappa shape index (κ2) is 4.73. The van der Waals surface area contributed by atoms with Gasteiger partial charge in [-0.25, -0.2) is 8.78 Å². The highest BCUT2D eigenvalue weighted by atomic mass is 19.3. The molecule has 0 aliphatic carbocycles. The van der Waals surface area contributed by atoms with E-state index in [0.29, 0.717) is 0 Å². The van der Waals surface area contributed by atoms with Gasteiger partial charge in [0, 0.05) is 6.20 Å². The molecule has 0 aliphatic heterocycles. The van der Waals surface area contributed by atoms with Crippen LogP contribution in [-0.2, 0) is 16.0 Å². The molecule has 0 spiro atoms. The molecule has 0 fully saturated rings. The standard InChI is InChI=1S/C9H9F2NO4/c1-16-6(13)2-5-8(15)7(14)4(3-12-5)9(10)11/h3,9,15H,2H2,1H3,(H,12,14). The number of halogens is 2. The van der Waals surface area contributed by atoms with Gasteiger partial charge in [0.25, 0.3) is 6.43 Å². The van der Waals surface area contributed by atoms with E-state index in [1.54, 1.807) is 0 Å². The summed E-state index contributed by atoms with van der Waals surface area (Å²) in [5.74, 6) is -1.58. The van der Waals surface area contributed by atoms with E-state index in [-0.39, 0.29) is 12.1 Å². The maximum Gasteiger partial charge on any atom is 0.311 e. The van der Waals surface area contributed by atoms with Gasteiger partial charge in [-0.1, -0.05) is 0 Å². The maximum atomic E-state index is 12.2. The molecule has 16 heavy (non-hydrogen) atoms. The molecule has 1 rings (SSSR count). The van der Waals surface area contributed by atoms with Gasteiger partial charge in [0.2, 0.25) is 5.43 Å². The lowest BCUT2D eigenvalue weighted by Gasteiger charge is -2.05. The lowest BCUT2D eigenvalue weighted by Crippen LogP contribution is -2.15. The van der Waals surface area contributed by atoms with Crippen LogP contribution in [0.2, 0.25) is 0 Å². The molecule has 2 N–H and O–H groups in total. The lowest BCUT2D eigenvalue weighted by molar-refractivity contribution is -0.139. The number of aromatic amines is 1. The van der Waals surface area contributed by atoms with Gasteiger partial charge in [-0.3, -0.25) is 9.59 Å². The molecule has 88 valence electrons. The number of carbonyl (C=O) groups excluding carboxylic acids is 1. The molecule has 7 heteroatoms. The van der Waals surface area contributed by atoms with Crippen molar-refractivity contribution in [3.63, 3.8) is 0 Å². The van der Waals surface area contributed by atoms with Crippen LogP contribution in [0.3, 0.4) is 0 Å². The minimum atomic E-state index is -2.98. The van der Waals surface area contributed by atoms with Crippen molar-refractivity contribution >= 4 is 5.97 Å². The molecule has 5 nitrogen and oxygen atoms in total. The minimum absolute atomic E-state index is 0.152. The third-order valence-electron chi connectivity index (χ3n) is 1.95. The van der Waals surface area contributed by atoms with Crippen molar-refractivity contribution in [2.45, 2.75) is 12.8 Å². The number of rotatable bonds is 3. The molecule has 1 aromatic heterocycles. The van der Waals surface area contributed by atoms with Crippen LogP contribution in [0.25, 0.3) is 0 Å². The smallest absolute Gasteiger partial charge is 0.311 e. The first-order chi connectivity index (χ1) is 7.47. The summed E-state index contributed by atoms with van der Waals surface area (Å²) in [6.07, 6.45) is -2.60.